The van der Waals surface area contributed by atoms with Gasteiger partial charge in [-0.15, -0.1) is 0 Å². The van der Waals surface area contributed by atoms with Crippen LogP contribution in [0.15, 0.2) is 84.0 Å². The summed E-state index contributed by atoms with van der Waals surface area (Å²) >= 11 is 0. The van der Waals surface area contributed by atoms with Crippen molar-refractivity contribution in [2.45, 2.75) is 25.8 Å². The maximum Gasteiger partial charge on any atom is 0.123 e. The molecule has 0 radical (unpaired) electrons. The molecular formula is C30H29FN6. The number of aromatic nitrogens is 3. The molecule has 3 aromatic rings. The highest BCUT2D eigenvalue weighted by Gasteiger charge is 2.19. The monoisotopic (exact) mass is 492 g/mol. The Labute approximate surface area is 215 Å². The minimum absolute atomic E-state index is 0.247. The van der Waals surface area contributed by atoms with Gasteiger partial charge in [0.25, 0.3) is 0 Å². The molecule has 3 heterocycles. The highest BCUT2D eigenvalue weighted by molar-refractivity contribution is 5.84. The first-order valence-electron chi connectivity index (χ1n) is 12.7. The van der Waals surface area contributed by atoms with E-state index in [0.29, 0.717) is 0 Å². The predicted octanol–water partition coefficient (Wildman–Crippen LogP) is 5.71. The zero-order chi connectivity index (χ0) is 25.4. The van der Waals surface area contributed by atoms with Gasteiger partial charge in [0.1, 0.15) is 5.82 Å². The van der Waals surface area contributed by atoms with E-state index in [9.17, 15) is 4.39 Å². The van der Waals surface area contributed by atoms with Crippen LogP contribution < -0.4 is 10.7 Å². The Morgan fingerprint density at radius 2 is 1.73 bits per heavy atom. The topological polar surface area (TPSA) is 58.3 Å². The molecule has 0 bridgehead atoms. The van der Waals surface area contributed by atoms with Crippen LogP contribution in [0.5, 0.6) is 0 Å². The lowest BCUT2D eigenvalue weighted by atomic mass is 10.1. The Morgan fingerprint density at radius 3 is 2.51 bits per heavy atom. The summed E-state index contributed by atoms with van der Waals surface area (Å²) in [5.41, 5.74) is 7.20. The molecule has 1 saturated heterocycles. The third-order valence-corrected chi connectivity index (χ3v) is 7.07. The molecule has 0 spiro atoms. The lowest BCUT2D eigenvalue weighted by Crippen LogP contribution is -2.33. The molecule has 0 atom stereocenters. The smallest absolute Gasteiger partial charge is 0.123 e. The summed E-state index contributed by atoms with van der Waals surface area (Å²) in [5.74, 6) is -0.261. The van der Waals surface area contributed by atoms with Crippen molar-refractivity contribution in [1.29, 1.82) is 0 Å². The first-order chi connectivity index (χ1) is 18.0. The normalized spacial score (nSPS) is 15.5. The number of nitrogens with zero attached hydrogens (tertiary/aromatic N) is 5. The van der Waals surface area contributed by atoms with E-state index in [1.54, 1.807) is 18.3 Å². The van der Waals surface area contributed by atoms with Gasteiger partial charge in [-0.1, -0.05) is 12.1 Å². The minimum atomic E-state index is -0.261. The third kappa shape index (κ3) is 4.70. The third-order valence-electron chi connectivity index (χ3n) is 7.07. The molecule has 2 aromatic carbocycles. The molecular weight excluding hydrogens is 463 g/mol. The van der Waals surface area contributed by atoms with E-state index >= 15 is 0 Å². The van der Waals surface area contributed by atoms with Gasteiger partial charge >= 0.3 is 0 Å². The van der Waals surface area contributed by atoms with Crippen LogP contribution in [0.2, 0.25) is 0 Å². The van der Waals surface area contributed by atoms with Crippen LogP contribution >= 0.6 is 0 Å². The van der Waals surface area contributed by atoms with E-state index in [1.807, 2.05) is 43.3 Å². The fraction of sp³-hybridized carbons (Fsp3) is 0.233. The second kappa shape index (κ2) is 9.75. The quantitative estimate of drug-likeness (QED) is 0.327. The van der Waals surface area contributed by atoms with E-state index in [0.717, 1.165) is 76.5 Å². The highest BCUT2D eigenvalue weighted by Crippen LogP contribution is 2.31. The number of fused-ring (bicyclic) bond motifs is 2. The Hall–Kier alpha value is -4.10. The molecule has 0 unspecified atom stereocenters. The number of halogens is 1. The Morgan fingerprint density at radius 1 is 0.946 bits per heavy atom. The molecule has 1 N–H and O–H groups in total. The van der Waals surface area contributed by atoms with Crippen molar-refractivity contribution < 1.29 is 4.39 Å². The highest BCUT2D eigenvalue weighted by atomic mass is 19.1. The van der Waals surface area contributed by atoms with Gasteiger partial charge < -0.3 is 14.8 Å². The van der Waals surface area contributed by atoms with Gasteiger partial charge in [-0.2, -0.15) is 0 Å². The number of hydrogen-bond acceptors (Lipinski definition) is 5. The standard InChI is InChI=1S/C30H29FN6/c1-20-24(7-5-15-32-20)34-26-18-28-30(19-27(26)33-22-13-16-36(2)17-14-22)37(23-11-9-21(31)10-12-23)29-8-4-3-6-25(29)35-28/h3-12,15,18-19,22,34H,13-14,16-17H2,1-2H3/b33-27+. The van der Waals surface area contributed by atoms with Gasteiger partial charge in [0.05, 0.1) is 50.9 Å². The van der Waals surface area contributed by atoms with Crippen molar-refractivity contribution in [3.05, 3.63) is 95.9 Å². The molecule has 2 aliphatic heterocycles. The summed E-state index contributed by atoms with van der Waals surface area (Å²) in [7, 11) is 2.16. The average molecular weight is 493 g/mol. The van der Waals surface area contributed by atoms with E-state index in [4.69, 9.17) is 9.98 Å². The van der Waals surface area contributed by atoms with Crippen molar-refractivity contribution in [3.8, 4) is 17.1 Å². The first kappa shape index (κ1) is 23.3. The lowest BCUT2D eigenvalue weighted by Gasteiger charge is -2.27. The van der Waals surface area contributed by atoms with Crippen molar-refractivity contribution in [3.63, 3.8) is 0 Å². The number of anilines is 2. The number of nitrogens with one attached hydrogen (secondary N) is 1. The maximum absolute atomic E-state index is 13.8. The summed E-state index contributed by atoms with van der Waals surface area (Å²) < 4.78 is 16.0. The van der Waals surface area contributed by atoms with Crippen molar-refractivity contribution in [1.82, 2.24) is 19.4 Å². The molecule has 0 saturated carbocycles. The van der Waals surface area contributed by atoms with Gasteiger partial charge in [-0.05, 0) is 101 Å². The molecule has 1 fully saturated rings. The summed E-state index contributed by atoms with van der Waals surface area (Å²) in [5, 5.41) is 4.47. The summed E-state index contributed by atoms with van der Waals surface area (Å²) in [4.78, 5) is 17.0. The Balaban J connectivity index is 1.61. The van der Waals surface area contributed by atoms with E-state index in [1.165, 1.54) is 12.1 Å². The van der Waals surface area contributed by atoms with Gasteiger partial charge in [-0.3, -0.25) is 9.98 Å². The lowest BCUT2D eigenvalue weighted by molar-refractivity contribution is 0.255. The average Bonchev–Trinajstić information content (AvgIpc) is 2.91. The first-order valence-corrected chi connectivity index (χ1v) is 12.7. The predicted molar refractivity (Wildman–Crippen MR) is 146 cm³/mol. The molecule has 37 heavy (non-hydrogen) atoms. The molecule has 3 aliphatic rings. The summed E-state index contributed by atoms with van der Waals surface area (Å²) in [6, 6.07) is 23.0. The summed E-state index contributed by atoms with van der Waals surface area (Å²) in [6.07, 6.45) is 3.84. The molecule has 0 amide bonds. The van der Waals surface area contributed by atoms with Gasteiger partial charge in [0, 0.05) is 11.9 Å². The SMILES string of the molecule is Cc1ncccc1Nc1cc2nc3ccccc3n(-c3ccc(F)cc3)c-2c/c1=N\C1CCN(C)CC1. The van der Waals surface area contributed by atoms with Crippen LogP contribution in [0, 0.1) is 12.7 Å². The second-order valence-electron chi connectivity index (χ2n) is 9.70. The number of pyridine rings is 1. The molecule has 6 rings (SSSR count). The minimum Gasteiger partial charge on any atom is -0.352 e. The van der Waals surface area contributed by atoms with E-state index in [-0.39, 0.29) is 11.9 Å². The Bertz CT molecular complexity index is 1600. The van der Waals surface area contributed by atoms with Crippen molar-refractivity contribution in [2.75, 3.05) is 25.5 Å². The van der Waals surface area contributed by atoms with Crippen LogP contribution in [-0.2, 0) is 0 Å². The maximum atomic E-state index is 13.8. The fourth-order valence-corrected chi connectivity index (χ4v) is 5.00. The molecule has 1 aromatic heterocycles. The van der Waals surface area contributed by atoms with Crippen molar-refractivity contribution >= 4 is 22.4 Å². The zero-order valence-corrected chi connectivity index (χ0v) is 21.0. The molecule has 1 aliphatic carbocycles. The number of benzene rings is 3. The van der Waals surface area contributed by atoms with Crippen LogP contribution in [0.3, 0.4) is 0 Å². The number of hydrogen-bond donors (Lipinski definition) is 1. The fourth-order valence-electron chi connectivity index (χ4n) is 5.00. The number of para-hydroxylation sites is 2. The number of rotatable bonds is 4. The van der Waals surface area contributed by atoms with Crippen molar-refractivity contribution in [2.24, 2.45) is 4.99 Å². The van der Waals surface area contributed by atoms with Crippen LogP contribution in [0.25, 0.3) is 28.1 Å². The molecule has 6 nitrogen and oxygen atoms in total. The van der Waals surface area contributed by atoms with Gasteiger partial charge in [0.15, 0.2) is 0 Å². The van der Waals surface area contributed by atoms with E-state index in [2.05, 4.69) is 38.9 Å². The number of aryl methyl sites for hydroxylation is 1. The van der Waals surface area contributed by atoms with E-state index < -0.39 is 0 Å². The van der Waals surface area contributed by atoms with Gasteiger partial charge in [-0.25, -0.2) is 9.37 Å². The molecule has 7 heteroatoms. The summed E-state index contributed by atoms with van der Waals surface area (Å²) in [6.45, 7) is 4.06. The second-order valence-corrected chi connectivity index (χ2v) is 9.70. The van der Waals surface area contributed by atoms with Gasteiger partial charge in [0.2, 0.25) is 0 Å². The largest absolute Gasteiger partial charge is 0.352 e. The van der Waals surface area contributed by atoms with Crippen LogP contribution in [0.1, 0.15) is 18.5 Å². The van der Waals surface area contributed by atoms with Crippen LogP contribution in [-0.4, -0.2) is 45.6 Å². The Kier molecular flexibility index (Phi) is 6.14. The zero-order valence-electron chi connectivity index (χ0n) is 21.0. The molecule has 186 valence electrons. The number of piperidine rings is 1. The van der Waals surface area contributed by atoms with Crippen LogP contribution in [0.4, 0.5) is 15.8 Å². The number of likely N-dealkylation sites (tertiary alicyclic amines) is 1.